The summed E-state index contributed by atoms with van der Waals surface area (Å²) in [5.41, 5.74) is 6.87. The molecule has 0 aliphatic heterocycles. The molecule has 0 unspecified atom stereocenters. The van der Waals surface area contributed by atoms with E-state index in [1.165, 1.54) is 5.56 Å². The number of benzene rings is 1. The van der Waals surface area contributed by atoms with E-state index in [1.54, 1.807) is 0 Å². The highest BCUT2D eigenvalue weighted by molar-refractivity contribution is 9.10. The molecule has 29 heavy (non-hydrogen) atoms. The van der Waals surface area contributed by atoms with Crippen LogP contribution >= 0.6 is 15.9 Å². The molecule has 0 saturated carbocycles. The zero-order chi connectivity index (χ0) is 20.5. The minimum Gasteiger partial charge on any atom is -0.308 e. The maximum atomic E-state index is 9.44. The maximum Gasteiger partial charge on any atom is 0.160 e. The van der Waals surface area contributed by atoms with E-state index in [2.05, 4.69) is 69.7 Å². The van der Waals surface area contributed by atoms with Gasteiger partial charge in [0.1, 0.15) is 23.1 Å². The monoisotopic (exact) mass is 447 g/mol. The van der Waals surface area contributed by atoms with Gasteiger partial charge >= 0.3 is 0 Å². The third-order valence-corrected chi connectivity index (χ3v) is 6.13. The summed E-state index contributed by atoms with van der Waals surface area (Å²) in [6.07, 6.45) is 3.82. The average molecular weight is 448 g/mol. The highest BCUT2D eigenvalue weighted by Gasteiger charge is 2.14. The second kappa shape index (κ2) is 7.84. The first kappa shape index (κ1) is 19.4. The highest BCUT2D eigenvalue weighted by atomic mass is 79.9. The van der Waals surface area contributed by atoms with Gasteiger partial charge in [-0.3, -0.25) is 4.57 Å². The lowest BCUT2D eigenvalue weighted by Crippen LogP contribution is -2.06. The van der Waals surface area contributed by atoms with Crippen LogP contribution in [-0.4, -0.2) is 19.1 Å². The molecule has 3 aromatic heterocycles. The molecule has 4 aromatic rings. The van der Waals surface area contributed by atoms with Gasteiger partial charge in [0.2, 0.25) is 0 Å². The molecule has 146 valence electrons. The van der Waals surface area contributed by atoms with Gasteiger partial charge in [0, 0.05) is 18.3 Å². The van der Waals surface area contributed by atoms with Crippen LogP contribution in [0.2, 0.25) is 0 Å². The van der Waals surface area contributed by atoms with Gasteiger partial charge in [-0.2, -0.15) is 5.26 Å². The minimum absolute atomic E-state index is 0.618. The normalized spacial score (nSPS) is 11.1. The fraction of sp³-hybridized carbons (Fsp3) is 0.261. The quantitative estimate of drug-likeness (QED) is 0.407. The van der Waals surface area contributed by atoms with Crippen LogP contribution in [0.1, 0.15) is 41.6 Å². The van der Waals surface area contributed by atoms with Crippen LogP contribution in [0.25, 0.3) is 16.9 Å². The van der Waals surface area contributed by atoms with Crippen molar-refractivity contribution in [2.75, 3.05) is 0 Å². The molecular weight excluding hydrogens is 426 g/mol. The van der Waals surface area contributed by atoms with Crippen LogP contribution in [0.5, 0.6) is 0 Å². The second-order valence-electron chi connectivity index (χ2n) is 7.28. The highest BCUT2D eigenvalue weighted by Crippen LogP contribution is 2.26. The van der Waals surface area contributed by atoms with E-state index in [4.69, 9.17) is 4.98 Å². The van der Waals surface area contributed by atoms with Crippen molar-refractivity contribution in [3.8, 4) is 11.8 Å². The standard InChI is InChI=1S/C23H22BrN5/c1-4-5-20-27-21-15(2)10-11-26-23(21)28(20)14-17-6-8-18(9-7-17)29-19(13-25)12-16(3)22(29)24/h6-12H,4-5,14H2,1-3H3. The molecule has 5 nitrogen and oxygen atoms in total. The van der Waals surface area contributed by atoms with Gasteiger partial charge in [0.15, 0.2) is 5.65 Å². The van der Waals surface area contributed by atoms with Crippen molar-refractivity contribution in [3.05, 3.63) is 75.4 Å². The molecule has 3 heterocycles. The smallest absolute Gasteiger partial charge is 0.160 e. The third kappa shape index (κ3) is 3.47. The molecule has 6 heteroatoms. The lowest BCUT2D eigenvalue weighted by atomic mass is 10.2. The average Bonchev–Trinajstić information content (AvgIpc) is 3.21. The van der Waals surface area contributed by atoms with Crippen LogP contribution in [-0.2, 0) is 13.0 Å². The third-order valence-electron chi connectivity index (χ3n) is 5.15. The van der Waals surface area contributed by atoms with Gasteiger partial charge in [-0.05, 0) is 77.2 Å². The number of aromatic nitrogens is 4. The van der Waals surface area contributed by atoms with E-state index in [0.29, 0.717) is 5.69 Å². The number of halogens is 1. The van der Waals surface area contributed by atoms with Crippen molar-refractivity contribution in [1.29, 1.82) is 5.26 Å². The Labute approximate surface area is 178 Å². The predicted molar refractivity (Wildman–Crippen MR) is 118 cm³/mol. The van der Waals surface area contributed by atoms with Crippen molar-refractivity contribution in [1.82, 2.24) is 19.1 Å². The van der Waals surface area contributed by atoms with E-state index < -0.39 is 0 Å². The summed E-state index contributed by atoms with van der Waals surface area (Å²) in [7, 11) is 0. The predicted octanol–water partition coefficient (Wildman–Crippen LogP) is 5.47. The van der Waals surface area contributed by atoms with Crippen LogP contribution in [0.15, 0.2) is 47.2 Å². The van der Waals surface area contributed by atoms with Crippen LogP contribution < -0.4 is 0 Å². The Balaban J connectivity index is 1.71. The number of nitrogens with zero attached hydrogens (tertiary/aromatic N) is 5. The van der Waals surface area contributed by atoms with Gasteiger partial charge in [-0.15, -0.1) is 0 Å². The second-order valence-corrected chi connectivity index (χ2v) is 8.03. The van der Waals surface area contributed by atoms with Gasteiger partial charge in [-0.1, -0.05) is 19.1 Å². The van der Waals surface area contributed by atoms with Gasteiger partial charge in [0.25, 0.3) is 0 Å². The first-order valence-electron chi connectivity index (χ1n) is 9.71. The van der Waals surface area contributed by atoms with Gasteiger partial charge in [0.05, 0.1) is 11.1 Å². The number of nitriles is 1. The molecule has 0 bridgehead atoms. The molecule has 0 aliphatic rings. The minimum atomic E-state index is 0.618. The molecule has 0 spiro atoms. The summed E-state index contributed by atoms with van der Waals surface area (Å²) in [4.78, 5) is 9.45. The summed E-state index contributed by atoms with van der Waals surface area (Å²) in [6, 6.07) is 14.5. The lowest BCUT2D eigenvalue weighted by molar-refractivity contribution is 0.716. The van der Waals surface area contributed by atoms with E-state index in [0.717, 1.165) is 57.8 Å². The molecule has 4 rings (SSSR count). The van der Waals surface area contributed by atoms with Crippen molar-refractivity contribution in [3.63, 3.8) is 0 Å². The number of aryl methyl sites for hydroxylation is 3. The first-order valence-corrected chi connectivity index (χ1v) is 10.5. The molecule has 0 radical (unpaired) electrons. The van der Waals surface area contributed by atoms with Crippen molar-refractivity contribution in [2.24, 2.45) is 0 Å². The van der Waals surface area contributed by atoms with Crippen LogP contribution in [0.3, 0.4) is 0 Å². The summed E-state index contributed by atoms with van der Waals surface area (Å²) in [5, 5.41) is 9.44. The summed E-state index contributed by atoms with van der Waals surface area (Å²) >= 11 is 3.60. The largest absolute Gasteiger partial charge is 0.308 e. The van der Waals surface area contributed by atoms with Gasteiger partial charge in [-0.25, -0.2) is 9.97 Å². The summed E-state index contributed by atoms with van der Waals surface area (Å²) in [6.45, 7) is 6.96. The number of rotatable bonds is 5. The lowest BCUT2D eigenvalue weighted by Gasteiger charge is -2.11. The van der Waals surface area contributed by atoms with E-state index in [-0.39, 0.29) is 0 Å². The number of hydrogen-bond donors (Lipinski definition) is 0. The Kier molecular flexibility index (Phi) is 5.25. The fourth-order valence-electron chi connectivity index (χ4n) is 3.64. The van der Waals surface area contributed by atoms with E-state index in [1.807, 2.05) is 29.8 Å². The van der Waals surface area contributed by atoms with Gasteiger partial charge < -0.3 is 4.57 Å². The molecule has 0 aliphatic carbocycles. The summed E-state index contributed by atoms with van der Waals surface area (Å²) < 4.78 is 5.06. The fourth-order valence-corrected chi connectivity index (χ4v) is 4.15. The van der Waals surface area contributed by atoms with Crippen LogP contribution in [0, 0.1) is 25.2 Å². The summed E-state index contributed by atoms with van der Waals surface area (Å²) in [5.74, 6) is 1.07. The number of pyridine rings is 1. The Morgan fingerprint density at radius 2 is 1.86 bits per heavy atom. The van der Waals surface area contributed by atoms with E-state index in [9.17, 15) is 5.26 Å². The van der Waals surface area contributed by atoms with Crippen molar-refractivity contribution >= 4 is 27.1 Å². The molecule has 0 atom stereocenters. The molecule has 0 amide bonds. The molecule has 0 N–H and O–H groups in total. The topological polar surface area (TPSA) is 59.4 Å². The zero-order valence-corrected chi connectivity index (χ0v) is 18.4. The first-order chi connectivity index (χ1) is 14.0. The molecule has 0 fully saturated rings. The number of fused-ring (bicyclic) bond motifs is 1. The maximum absolute atomic E-state index is 9.44. The van der Waals surface area contributed by atoms with Crippen LogP contribution in [0.4, 0.5) is 0 Å². The Morgan fingerprint density at radius 3 is 2.55 bits per heavy atom. The molecule has 0 saturated heterocycles. The number of hydrogen-bond acceptors (Lipinski definition) is 3. The number of imidazole rings is 1. The molecular formula is C23H22BrN5. The Bertz CT molecular complexity index is 1230. The molecule has 1 aromatic carbocycles. The van der Waals surface area contributed by atoms with Crippen molar-refractivity contribution < 1.29 is 0 Å². The van der Waals surface area contributed by atoms with Crippen molar-refractivity contribution in [2.45, 2.75) is 40.2 Å². The Hall–Kier alpha value is -2.91. The van der Waals surface area contributed by atoms with E-state index >= 15 is 0 Å². The zero-order valence-electron chi connectivity index (χ0n) is 16.8. The SMILES string of the molecule is CCCc1nc2c(C)ccnc2n1Cc1ccc(-n2c(C#N)cc(C)c2Br)cc1. The Morgan fingerprint density at radius 1 is 1.10 bits per heavy atom.